The standard InChI is InChI=1S/C20H26N2O4S/c1-19(2,3)12-7-11(8-13(16(12)24)20(4,5)6)9-14-17(25)22(10-15(21)23)18(26)27-14/h7-9,24H,10H2,1-6H3,(H2,21,23)/b14-9-. The van der Waals surface area contributed by atoms with E-state index in [0.29, 0.717) is 5.56 Å². The smallest absolute Gasteiger partial charge is 0.294 e. The van der Waals surface area contributed by atoms with E-state index in [2.05, 4.69) is 0 Å². The Morgan fingerprint density at radius 3 is 2.00 bits per heavy atom. The Morgan fingerprint density at radius 1 is 1.11 bits per heavy atom. The van der Waals surface area contributed by atoms with Gasteiger partial charge in [0.1, 0.15) is 12.3 Å². The predicted molar refractivity (Wildman–Crippen MR) is 107 cm³/mol. The molecule has 1 fully saturated rings. The van der Waals surface area contributed by atoms with Crippen LogP contribution in [0.3, 0.4) is 0 Å². The van der Waals surface area contributed by atoms with Crippen LogP contribution in [-0.2, 0) is 20.4 Å². The third kappa shape index (κ3) is 4.53. The third-order valence-electron chi connectivity index (χ3n) is 4.23. The number of thioether (sulfide) groups is 1. The number of aromatic hydroxyl groups is 1. The first-order chi connectivity index (χ1) is 12.2. The van der Waals surface area contributed by atoms with Gasteiger partial charge in [-0.25, -0.2) is 0 Å². The second-order valence-electron chi connectivity index (χ2n) is 8.70. The van der Waals surface area contributed by atoms with Crippen LogP contribution in [0.5, 0.6) is 5.75 Å². The molecule has 0 atom stereocenters. The van der Waals surface area contributed by atoms with Gasteiger partial charge in [-0.1, -0.05) is 41.5 Å². The van der Waals surface area contributed by atoms with Crippen molar-refractivity contribution in [1.82, 2.24) is 4.90 Å². The van der Waals surface area contributed by atoms with Gasteiger partial charge in [-0.05, 0) is 46.4 Å². The zero-order valence-corrected chi connectivity index (χ0v) is 17.4. The molecule has 1 aromatic rings. The van der Waals surface area contributed by atoms with Crippen molar-refractivity contribution in [2.75, 3.05) is 6.54 Å². The molecule has 0 unspecified atom stereocenters. The molecule has 1 heterocycles. The van der Waals surface area contributed by atoms with Crippen LogP contribution in [0.2, 0.25) is 0 Å². The average molecular weight is 391 g/mol. The van der Waals surface area contributed by atoms with Gasteiger partial charge in [0.05, 0.1) is 4.91 Å². The number of hydrogen-bond donors (Lipinski definition) is 2. The Balaban J connectivity index is 2.56. The number of carbonyl (C=O) groups excluding carboxylic acids is 3. The number of carbonyl (C=O) groups is 3. The van der Waals surface area contributed by atoms with Crippen molar-refractivity contribution in [1.29, 1.82) is 0 Å². The molecule has 3 N–H and O–H groups in total. The van der Waals surface area contributed by atoms with Gasteiger partial charge in [0.25, 0.3) is 11.1 Å². The highest BCUT2D eigenvalue weighted by Gasteiger charge is 2.36. The molecule has 0 saturated carbocycles. The topological polar surface area (TPSA) is 101 Å². The summed E-state index contributed by atoms with van der Waals surface area (Å²) in [6.45, 7) is 11.6. The molecule has 0 aromatic heterocycles. The first-order valence-corrected chi connectivity index (χ1v) is 9.45. The molecule has 1 aromatic carbocycles. The lowest BCUT2D eigenvalue weighted by Gasteiger charge is -2.28. The van der Waals surface area contributed by atoms with Gasteiger partial charge in [-0.2, -0.15) is 0 Å². The van der Waals surface area contributed by atoms with Crippen LogP contribution in [0.15, 0.2) is 17.0 Å². The van der Waals surface area contributed by atoms with E-state index in [1.165, 1.54) is 0 Å². The van der Waals surface area contributed by atoms with Crippen molar-refractivity contribution in [3.8, 4) is 5.75 Å². The SMILES string of the molecule is CC(C)(C)c1cc(/C=C2\SC(=O)N(CC(N)=O)C2=O)cc(C(C)(C)C)c1O. The summed E-state index contributed by atoms with van der Waals surface area (Å²) in [6.07, 6.45) is 1.62. The van der Waals surface area contributed by atoms with Gasteiger partial charge >= 0.3 is 0 Å². The number of primary amides is 1. The minimum atomic E-state index is -0.742. The summed E-state index contributed by atoms with van der Waals surface area (Å²) in [5.74, 6) is -1.03. The summed E-state index contributed by atoms with van der Waals surface area (Å²) in [4.78, 5) is 36.6. The molecule has 0 spiro atoms. The van der Waals surface area contributed by atoms with Crippen molar-refractivity contribution in [2.45, 2.75) is 52.4 Å². The lowest BCUT2D eigenvalue weighted by atomic mass is 9.78. The van der Waals surface area contributed by atoms with E-state index < -0.39 is 23.6 Å². The van der Waals surface area contributed by atoms with Gasteiger partial charge in [-0.3, -0.25) is 19.3 Å². The van der Waals surface area contributed by atoms with Crippen LogP contribution < -0.4 is 5.73 Å². The molecule has 0 aliphatic carbocycles. The molecular formula is C20H26N2O4S. The van der Waals surface area contributed by atoms with Crippen LogP contribution in [0.4, 0.5) is 4.79 Å². The summed E-state index contributed by atoms with van der Waals surface area (Å²) in [5.41, 5.74) is 6.73. The lowest BCUT2D eigenvalue weighted by molar-refractivity contribution is -0.127. The zero-order valence-electron chi connectivity index (χ0n) is 16.5. The Labute approximate surface area is 163 Å². The fraction of sp³-hybridized carbons (Fsp3) is 0.450. The zero-order chi connectivity index (χ0) is 20.7. The number of phenolic OH excluding ortho intramolecular Hbond substituents is 1. The van der Waals surface area contributed by atoms with E-state index in [9.17, 15) is 19.5 Å². The number of imide groups is 1. The quantitative estimate of drug-likeness (QED) is 0.769. The molecule has 1 saturated heterocycles. The van der Waals surface area contributed by atoms with E-state index in [0.717, 1.165) is 27.8 Å². The second-order valence-corrected chi connectivity index (χ2v) is 9.69. The maximum Gasteiger partial charge on any atom is 0.294 e. The number of benzene rings is 1. The molecule has 0 radical (unpaired) electrons. The first-order valence-electron chi connectivity index (χ1n) is 8.63. The lowest BCUT2D eigenvalue weighted by Crippen LogP contribution is -2.36. The Bertz CT molecular complexity index is 810. The predicted octanol–water partition coefficient (Wildman–Crippen LogP) is 3.51. The summed E-state index contributed by atoms with van der Waals surface area (Å²) < 4.78 is 0. The number of amides is 3. The molecule has 27 heavy (non-hydrogen) atoms. The Hall–Kier alpha value is -2.28. The number of rotatable bonds is 3. The molecule has 0 bridgehead atoms. The van der Waals surface area contributed by atoms with Crippen molar-refractivity contribution >= 4 is 34.9 Å². The average Bonchev–Trinajstić information content (AvgIpc) is 2.73. The van der Waals surface area contributed by atoms with Crippen LogP contribution >= 0.6 is 11.8 Å². The maximum atomic E-state index is 12.4. The molecule has 2 rings (SSSR count). The van der Waals surface area contributed by atoms with Crippen LogP contribution in [0.1, 0.15) is 58.2 Å². The molecule has 146 valence electrons. The van der Waals surface area contributed by atoms with Crippen LogP contribution in [-0.4, -0.2) is 33.6 Å². The highest BCUT2D eigenvalue weighted by atomic mass is 32.2. The minimum Gasteiger partial charge on any atom is -0.507 e. The molecule has 1 aliphatic rings. The maximum absolute atomic E-state index is 12.4. The summed E-state index contributed by atoms with van der Waals surface area (Å²) >= 11 is 0.778. The van der Waals surface area contributed by atoms with Crippen molar-refractivity contribution in [3.63, 3.8) is 0 Å². The normalized spacial score (nSPS) is 17.1. The number of nitrogens with zero attached hydrogens (tertiary/aromatic N) is 1. The number of nitrogens with two attached hydrogens (primary N) is 1. The van der Waals surface area contributed by atoms with Gasteiger partial charge < -0.3 is 10.8 Å². The largest absolute Gasteiger partial charge is 0.507 e. The Morgan fingerprint density at radius 2 is 1.59 bits per heavy atom. The molecule has 1 aliphatic heterocycles. The van der Waals surface area contributed by atoms with Gasteiger partial charge in [0.2, 0.25) is 5.91 Å². The summed E-state index contributed by atoms with van der Waals surface area (Å²) in [5, 5.41) is 10.3. The van der Waals surface area contributed by atoms with Crippen molar-refractivity contribution in [3.05, 3.63) is 33.7 Å². The van der Waals surface area contributed by atoms with Gasteiger partial charge in [-0.15, -0.1) is 0 Å². The summed E-state index contributed by atoms with van der Waals surface area (Å²) in [7, 11) is 0. The monoisotopic (exact) mass is 390 g/mol. The molecular weight excluding hydrogens is 364 g/mol. The second kappa shape index (κ2) is 7.03. The van der Waals surface area contributed by atoms with Crippen molar-refractivity contribution < 1.29 is 19.5 Å². The van der Waals surface area contributed by atoms with E-state index >= 15 is 0 Å². The van der Waals surface area contributed by atoms with E-state index in [1.54, 1.807) is 6.08 Å². The van der Waals surface area contributed by atoms with E-state index in [-0.39, 0.29) is 21.5 Å². The van der Waals surface area contributed by atoms with Crippen LogP contribution in [0.25, 0.3) is 6.08 Å². The number of hydrogen-bond acceptors (Lipinski definition) is 5. The molecule has 6 nitrogen and oxygen atoms in total. The van der Waals surface area contributed by atoms with Gasteiger partial charge in [0.15, 0.2) is 0 Å². The van der Waals surface area contributed by atoms with Gasteiger partial charge in [0, 0.05) is 11.1 Å². The third-order valence-corrected chi connectivity index (χ3v) is 5.14. The fourth-order valence-electron chi connectivity index (χ4n) is 2.83. The minimum absolute atomic E-state index is 0.228. The van der Waals surface area contributed by atoms with Crippen LogP contribution in [0, 0.1) is 0 Å². The van der Waals surface area contributed by atoms with E-state index in [4.69, 9.17) is 5.73 Å². The first kappa shape index (κ1) is 21.0. The highest BCUT2D eigenvalue weighted by Crippen LogP contribution is 2.41. The van der Waals surface area contributed by atoms with Crippen molar-refractivity contribution in [2.24, 2.45) is 5.73 Å². The fourth-order valence-corrected chi connectivity index (χ4v) is 3.67. The molecule has 7 heteroatoms. The van der Waals surface area contributed by atoms with E-state index in [1.807, 2.05) is 53.7 Å². The highest BCUT2D eigenvalue weighted by molar-refractivity contribution is 8.18. The molecule has 3 amide bonds. The summed E-state index contributed by atoms with van der Waals surface area (Å²) in [6, 6.07) is 3.65. The number of phenols is 1. The Kier molecular flexibility index (Phi) is 5.48.